The average molecular weight is 618 g/mol. The number of fused-ring (bicyclic) bond motifs is 3. The molecule has 0 aliphatic rings. The Morgan fingerprint density at radius 1 is 0.457 bits per heavy atom. The second kappa shape index (κ2) is 12.1. The van der Waals surface area contributed by atoms with Crippen LogP contribution >= 0.6 is 7.14 Å². The molecule has 46 heavy (non-hydrogen) atoms. The van der Waals surface area contributed by atoms with E-state index >= 15 is 0 Å². The van der Waals surface area contributed by atoms with Crippen molar-refractivity contribution in [3.63, 3.8) is 0 Å². The molecule has 1 aromatic heterocycles. The topological polar surface area (TPSA) is 55.7 Å². The standard InChI is InChI=1S/C41H36N3OP/c1-27(2)46(45,28(3)4)34-24-32(38-26-31-19-11-12-20-35(31)36-21-13-14-22-37(36)38)23-33(25-34)41-43-39(29-15-7-5-8-16-29)42-40(44-41)30-17-9-6-10-18-30/h5-28H,1-4H3. The van der Waals surface area contributed by atoms with Crippen LogP contribution in [0.25, 0.3) is 66.8 Å². The van der Waals surface area contributed by atoms with E-state index in [4.69, 9.17) is 15.0 Å². The molecular formula is C41H36N3OP. The predicted octanol–water partition coefficient (Wildman–Crippen LogP) is 10.7. The van der Waals surface area contributed by atoms with Gasteiger partial charge in [0.15, 0.2) is 17.5 Å². The van der Waals surface area contributed by atoms with E-state index in [1.807, 2.05) is 60.7 Å². The first-order chi connectivity index (χ1) is 22.3. The Labute approximate surface area is 270 Å². The summed E-state index contributed by atoms with van der Waals surface area (Å²) < 4.78 is 15.0. The Hall–Kier alpha value is -4.92. The average Bonchev–Trinajstić information content (AvgIpc) is 3.11. The van der Waals surface area contributed by atoms with Gasteiger partial charge in [-0.05, 0) is 56.9 Å². The van der Waals surface area contributed by atoms with Crippen LogP contribution in [0.3, 0.4) is 0 Å². The highest BCUT2D eigenvalue weighted by atomic mass is 31.2. The second-order valence-electron chi connectivity index (χ2n) is 12.4. The smallest absolute Gasteiger partial charge is 0.164 e. The highest BCUT2D eigenvalue weighted by Gasteiger charge is 2.33. The summed E-state index contributed by atoms with van der Waals surface area (Å²) in [5.74, 6) is 1.76. The summed E-state index contributed by atoms with van der Waals surface area (Å²) in [4.78, 5) is 15.0. The van der Waals surface area contributed by atoms with E-state index in [1.54, 1.807) is 0 Å². The van der Waals surface area contributed by atoms with E-state index < -0.39 is 7.14 Å². The summed E-state index contributed by atoms with van der Waals surface area (Å²) in [5, 5.41) is 5.57. The molecule has 5 heteroatoms. The van der Waals surface area contributed by atoms with Crippen molar-refractivity contribution in [3.05, 3.63) is 133 Å². The lowest BCUT2D eigenvalue weighted by Crippen LogP contribution is -2.20. The van der Waals surface area contributed by atoms with Gasteiger partial charge in [0.1, 0.15) is 7.14 Å². The maximum absolute atomic E-state index is 15.0. The van der Waals surface area contributed by atoms with Gasteiger partial charge in [-0.3, -0.25) is 0 Å². The van der Waals surface area contributed by atoms with Crippen LogP contribution < -0.4 is 5.30 Å². The van der Waals surface area contributed by atoms with Crippen molar-refractivity contribution in [2.45, 2.75) is 39.0 Å². The van der Waals surface area contributed by atoms with Crippen LogP contribution in [0.4, 0.5) is 0 Å². The van der Waals surface area contributed by atoms with Crippen LogP contribution in [-0.2, 0) is 4.57 Å². The molecule has 7 aromatic rings. The Kier molecular flexibility index (Phi) is 7.84. The van der Waals surface area contributed by atoms with Crippen LogP contribution in [0.5, 0.6) is 0 Å². The maximum atomic E-state index is 15.0. The highest BCUT2D eigenvalue weighted by Crippen LogP contribution is 2.54. The van der Waals surface area contributed by atoms with Crippen molar-refractivity contribution in [1.29, 1.82) is 0 Å². The summed E-state index contributed by atoms with van der Waals surface area (Å²) in [6.07, 6.45) is 0. The first-order valence-corrected chi connectivity index (χ1v) is 17.7. The van der Waals surface area contributed by atoms with Crippen molar-refractivity contribution in [2.75, 3.05) is 0 Å². The van der Waals surface area contributed by atoms with E-state index in [1.165, 1.54) is 10.8 Å². The number of hydrogen-bond acceptors (Lipinski definition) is 4. The predicted molar refractivity (Wildman–Crippen MR) is 194 cm³/mol. The van der Waals surface area contributed by atoms with Gasteiger partial charge < -0.3 is 4.57 Å². The van der Waals surface area contributed by atoms with Crippen molar-refractivity contribution in [2.24, 2.45) is 0 Å². The molecule has 6 aromatic carbocycles. The molecule has 0 radical (unpaired) electrons. The second-order valence-corrected chi connectivity index (χ2v) is 16.4. The van der Waals surface area contributed by atoms with Crippen molar-refractivity contribution >= 4 is 34.0 Å². The number of hydrogen-bond donors (Lipinski definition) is 0. The molecule has 1 heterocycles. The zero-order valence-electron chi connectivity index (χ0n) is 26.6. The van der Waals surface area contributed by atoms with Gasteiger partial charge in [-0.1, -0.05) is 137 Å². The molecule has 0 bridgehead atoms. The van der Waals surface area contributed by atoms with Crippen LogP contribution in [0.15, 0.2) is 133 Å². The molecule has 0 unspecified atom stereocenters. The normalized spacial score (nSPS) is 12.0. The summed E-state index contributed by atoms with van der Waals surface area (Å²) in [6, 6.07) is 45.7. The minimum absolute atomic E-state index is 0.0259. The van der Waals surface area contributed by atoms with Gasteiger partial charge in [0.25, 0.3) is 0 Å². The van der Waals surface area contributed by atoms with E-state index in [0.717, 1.165) is 43.9 Å². The first kappa shape index (κ1) is 29.8. The molecule has 0 aliphatic heterocycles. The van der Waals surface area contributed by atoms with Crippen LogP contribution in [0.2, 0.25) is 0 Å². The van der Waals surface area contributed by atoms with Gasteiger partial charge in [-0.2, -0.15) is 0 Å². The first-order valence-electron chi connectivity index (χ1n) is 15.9. The van der Waals surface area contributed by atoms with Crippen LogP contribution in [-0.4, -0.2) is 26.3 Å². The summed E-state index contributed by atoms with van der Waals surface area (Å²) in [6.45, 7) is 8.29. The Morgan fingerprint density at radius 2 is 0.913 bits per heavy atom. The fraction of sp³-hybridized carbons (Fsp3) is 0.146. The molecule has 7 rings (SSSR count). The number of nitrogens with zero attached hydrogens (tertiary/aromatic N) is 3. The molecule has 0 aliphatic carbocycles. The quantitative estimate of drug-likeness (QED) is 0.132. The minimum Gasteiger partial charge on any atom is -0.318 e. The van der Waals surface area contributed by atoms with E-state index in [0.29, 0.717) is 17.5 Å². The van der Waals surface area contributed by atoms with Gasteiger partial charge in [0.05, 0.1) is 0 Å². The lowest BCUT2D eigenvalue weighted by Gasteiger charge is -2.27. The maximum Gasteiger partial charge on any atom is 0.164 e. The highest BCUT2D eigenvalue weighted by molar-refractivity contribution is 7.72. The Morgan fingerprint density at radius 3 is 1.48 bits per heavy atom. The molecule has 4 nitrogen and oxygen atoms in total. The van der Waals surface area contributed by atoms with Gasteiger partial charge in [0, 0.05) is 33.3 Å². The number of rotatable bonds is 7. The SMILES string of the molecule is CC(C)P(=O)(c1cc(-c2nc(-c3ccccc3)nc(-c3ccccc3)n2)cc(-c2cc3ccccc3c3ccccc23)c1)C(C)C. The summed E-state index contributed by atoms with van der Waals surface area (Å²) in [5.41, 5.74) is 4.69. The van der Waals surface area contributed by atoms with Crippen molar-refractivity contribution in [3.8, 4) is 45.3 Å². The van der Waals surface area contributed by atoms with Gasteiger partial charge in [0.2, 0.25) is 0 Å². The molecule has 0 spiro atoms. The van der Waals surface area contributed by atoms with Crippen molar-refractivity contribution < 1.29 is 4.57 Å². The molecule has 0 amide bonds. The zero-order valence-corrected chi connectivity index (χ0v) is 27.4. The molecule has 0 saturated carbocycles. The number of aromatic nitrogens is 3. The molecular weight excluding hydrogens is 581 g/mol. The van der Waals surface area contributed by atoms with Gasteiger partial charge >= 0.3 is 0 Å². The van der Waals surface area contributed by atoms with Crippen LogP contribution in [0, 0.1) is 0 Å². The fourth-order valence-electron chi connectivity index (χ4n) is 6.52. The molecule has 0 saturated heterocycles. The zero-order chi connectivity index (χ0) is 31.8. The van der Waals surface area contributed by atoms with Crippen molar-refractivity contribution in [1.82, 2.24) is 15.0 Å². The largest absolute Gasteiger partial charge is 0.318 e. The van der Waals surface area contributed by atoms with Crippen LogP contribution in [0.1, 0.15) is 27.7 Å². The van der Waals surface area contributed by atoms with E-state index in [9.17, 15) is 4.57 Å². The van der Waals surface area contributed by atoms with E-state index in [-0.39, 0.29) is 11.3 Å². The third-order valence-corrected chi connectivity index (χ3v) is 13.0. The lowest BCUT2D eigenvalue weighted by atomic mass is 9.92. The minimum atomic E-state index is -2.83. The number of benzene rings is 6. The summed E-state index contributed by atoms with van der Waals surface area (Å²) in [7, 11) is -2.83. The van der Waals surface area contributed by atoms with Gasteiger partial charge in [-0.15, -0.1) is 0 Å². The molecule has 0 atom stereocenters. The Balaban J connectivity index is 1.54. The summed E-state index contributed by atoms with van der Waals surface area (Å²) >= 11 is 0. The Bertz CT molecular complexity index is 2180. The molecule has 226 valence electrons. The lowest BCUT2D eigenvalue weighted by molar-refractivity contribution is 0.569. The fourth-order valence-corrected chi connectivity index (χ4v) is 9.59. The molecule has 0 N–H and O–H groups in total. The third kappa shape index (κ3) is 5.33. The van der Waals surface area contributed by atoms with E-state index in [2.05, 4.69) is 100 Å². The third-order valence-electron chi connectivity index (χ3n) is 8.89. The molecule has 0 fully saturated rings. The van der Waals surface area contributed by atoms with Gasteiger partial charge in [-0.25, -0.2) is 15.0 Å². The monoisotopic (exact) mass is 617 g/mol.